The number of hydrogen-bond acceptors (Lipinski definition) is 4. The second kappa shape index (κ2) is 13.4. The number of carbonyl (C=O) groups is 2. The first-order valence-corrected chi connectivity index (χ1v) is 14.6. The number of halogens is 4. The molecule has 0 saturated carbocycles. The highest BCUT2D eigenvalue weighted by Gasteiger charge is 2.35. The standard InChI is InChI=1S/C29H31ClF3N3O4S/c1-20(2)17-34-28(38)21(3)35(18-22-12-14-24(30)15-13-22)27(37)19-36(41(39,40)26-10-5-4-6-11-26)25-9-7-8-23(16-25)29(31,32)33/h4-16,20-21H,17-19H2,1-3H3,(H,34,38)/t21-/m0/s1. The Morgan fingerprint density at radius 1 is 0.927 bits per heavy atom. The van der Waals surface area contributed by atoms with E-state index in [1.807, 2.05) is 13.8 Å². The molecule has 7 nitrogen and oxygen atoms in total. The smallest absolute Gasteiger partial charge is 0.354 e. The minimum Gasteiger partial charge on any atom is -0.354 e. The quantitative estimate of drug-likeness (QED) is 0.300. The lowest BCUT2D eigenvalue weighted by Gasteiger charge is -2.32. The number of hydrogen-bond donors (Lipinski definition) is 1. The Balaban J connectivity index is 2.05. The van der Waals surface area contributed by atoms with Crippen LogP contribution in [0, 0.1) is 5.92 Å². The molecule has 0 aliphatic heterocycles. The van der Waals surface area contributed by atoms with E-state index in [2.05, 4.69) is 5.32 Å². The molecule has 3 aromatic rings. The predicted molar refractivity (Wildman–Crippen MR) is 152 cm³/mol. The van der Waals surface area contributed by atoms with Crippen molar-refractivity contribution in [3.8, 4) is 0 Å². The SMILES string of the molecule is CC(C)CNC(=O)[C@H](C)N(Cc1ccc(Cl)cc1)C(=O)CN(c1cccc(C(F)(F)F)c1)S(=O)(=O)c1ccccc1. The molecule has 1 atom stereocenters. The van der Waals surface area contributed by atoms with Crippen LogP contribution in [0.15, 0.2) is 83.8 Å². The third kappa shape index (κ3) is 8.46. The predicted octanol–water partition coefficient (Wildman–Crippen LogP) is 5.74. The van der Waals surface area contributed by atoms with Crippen molar-refractivity contribution in [3.63, 3.8) is 0 Å². The highest BCUT2D eigenvalue weighted by atomic mass is 35.5. The van der Waals surface area contributed by atoms with Crippen molar-refractivity contribution < 1.29 is 31.2 Å². The van der Waals surface area contributed by atoms with Gasteiger partial charge in [-0.2, -0.15) is 13.2 Å². The van der Waals surface area contributed by atoms with E-state index in [0.29, 0.717) is 27.5 Å². The van der Waals surface area contributed by atoms with Gasteiger partial charge in [-0.05, 0) is 60.9 Å². The van der Waals surface area contributed by atoms with Gasteiger partial charge in [0.1, 0.15) is 12.6 Å². The van der Waals surface area contributed by atoms with E-state index in [9.17, 15) is 31.2 Å². The highest BCUT2D eigenvalue weighted by Crippen LogP contribution is 2.33. The normalized spacial score (nSPS) is 12.6. The van der Waals surface area contributed by atoms with Gasteiger partial charge in [0.15, 0.2) is 0 Å². The van der Waals surface area contributed by atoms with Gasteiger partial charge in [0.2, 0.25) is 11.8 Å². The number of sulfonamides is 1. The molecule has 0 fully saturated rings. The second-order valence-corrected chi connectivity index (χ2v) is 12.1. The van der Waals surface area contributed by atoms with Crippen LogP contribution < -0.4 is 9.62 Å². The summed E-state index contributed by atoms with van der Waals surface area (Å²) in [5.74, 6) is -1.11. The molecular formula is C29H31ClF3N3O4S. The van der Waals surface area contributed by atoms with Crippen LogP contribution in [-0.2, 0) is 32.3 Å². The molecule has 41 heavy (non-hydrogen) atoms. The Labute approximate surface area is 243 Å². The Morgan fingerprint density at radius 3 is 2.15 bits per heavy atom. The van der Waals surface area contributed by atoms with Crippen molar-refractivity contribution in [1.29, 1.82) is 0 Å². The van der Waals surface area contributed by atoms with Crippen LogP contribution in [0.5, 0.6) is 0 Å². The minimum absolute atomic E-state index is 0.0753. The second-order valence-electron chi connectivity index (χ2n) is 9.84. The lowest BCUT2D eigenvalue weighted by atomic mass is 10.1. The summed E-state index contributed by atoms with van der Waals surface area (Å²) < 4.78 is 68.7. The molecule has 0 aliphatic carbocycles. The number of alkyl halides is 3. The average Bonchev–Trinajstić information content (AvgIpc) is 2.93. The Bertz CT molecular complexity index is 1450. The largest absolute Gasteiger partial charge is 0.416 e. The van der Waals surface area contributed by atoms with Gasteiger partial charge in [-0.25, -0.2) is 8.42 Å². The van der Waals surface area contributed by atoms with Crippen molar-refractivity contribution in [2.45, 2.75) is 44.4 Å². The van der Waals surface area contributed by atoms with Gasteiger partial charge >= 0.3 is 6.18 Å². The molecule has 3 aromatic carbocycles. The number of benzene rings is 3. The summed E-state index contributed by atoms with van der Waals surface area (Å²) in [6.07, 6.45) is -4.74. The zero-order chi connectivity index (χ0) is 30.4. The van der Waals surface area contributed by atoms with Crippen LogP contribution in [0.1, 0.15) is 31.9 Å². The Kier molecular flexibility index (Phi) is 10.4. The van der Waals surface area contributed by atoms with Crippen LogP contribution in [0.2, 0.25) is 5.02 Å². The Morgan fingerprint density at radius 2 is 1.56 bits per heavy atom. The first-order chi connectivity index (χ1) is 19.2. The van der Waals surface area contributed by atoms with Gasteiger partial charge in [0, 0.05) is 18.1 Å². The van der Waals surface area contributed by atoms with Crippen LogP contribution in [0.4, 0.5) is 18.9 Å². The Hall–Kier alpha value is -3.57. The number of nitrogens with zero attached hydrogens (tertiary/aromatic N) is 2. The number of nitrogens with one attached hydrogen (secondary N) is 1. The van der Waals surface area contributed by atoms with Gasteiger partial charge < -0.3 is 10.2 Å². The molecule has 0 aromatic heterocycles. The van der Waals surface area contributed by atoms with Crippen molar-refractivity contribution in [1.82, 2.24) is 10.2 Å². The van der Waals surface area contributed by atoms with E-state index in [1.165, 1.54) is 42.2 Å². The van der Waals surface area contributed by atoms with Crippen LogP contribution in [0.25, 0.3) is 0 Å². The van der Waals surface area contributed by atoms with Crippen molar-refractivity contribution in [3.05, 3.63) is 95.0 Å². The van der Waals surface area contributed by atoms with E-state index >= 15 is 0 Å². The first kappa shape index (κ1) is 32.0. The number of carbonyl (C=O) groups excluding carboxylic acids is 2. The summed E-state index contributed by atoms with van der Waals surface area (Å²) in [4.78, 5) is 27.8. The molecular weight excluding hydrogens is 579 g/mol. The first-order valence-electron chi connectivity index (χ1n) is 12.8. The summed E-state index contributed by atoms with van der Waals surface area (Å²) in [6, 6.07) is 16.3. The fraction of sp³-hybridized carbons (Fsp3) is 0.310. The molecule has 2 amide bonds. The molecule has 12 heteroatoms. The van der Waals surface area contributed by atoms with E-state index in [0.717, 1.165) is 12.1 Å². The lowest BCUT2D eigenvalue weighted by Crippen LogP contribution is -2.51. The summed E-state index contributed by atoms with van der Waals surface area (Å²) in [6.45, 7) is 4.74. The average molecular weight is 610 g/mol. The number of rotatable bonds is 11. The number of anilines is 1. The third-order valence-electron chi connectivity index (χ3n) is 6.19. The summed E-state index contributed by atoms with van der Waals surface area (Å²) in [5.41, 5.74) is -0.807. The summed E-state index contributed by atoms with van der Waals surface area (Å²) >= 11 is 5.99. The molecule has 0 radical (unpaired) electrons. The fourth-order valence-electron chi connectivity index (χ4n) is 3.91. The van der Waals surface area contributed by atoms with Crippen LogP contribution in [-0.4, -0.2) is 44.3 Å². The third-order valence-corrected chi connectivity index (χ3v) is 8.23. The van der Waals surface area contributed by atoms with Gasteiger partial charge in [0.25, 0.3) is 10.0 Å². The molecule has 1 N–H and O–H groups in total. The van der Waals surface area contributed by atoms with Gasteiger partial charge in [-0.3, -0.25) is 13.9 Å². The maximum absolute atomic E-state index is 13.8. The molecule has 0 aliphatic rings. The van der Waals surface area contributed by atoms with Crippen molar-refractivity contribution in [2.75, 3.05) is 17.4 Å². The van der Waals surface area contributed by atoms with E-state index in [1.54, 1.807) is 30.3 Å². The van der Waals surface area contributed by atoms with Gasteiger partial charge in [-0.1, -0.05) is 61.8 Å². The highest BCUT2D eigenvalue weighted by molar-refractivity contribution is 7.92. The molecule has 0 bridgehead atoms. The number of amides is 2. The maximum atomic E-state index is 13.8. The lowest BCUT2D eigenvalue weighted by molar-refractivity contribution is -0.139. The molecule has 0 heterocycles. The van der Waals surface area contributed by atoms with Gasteiger partial charge in [0.05, 0.1) is 16.1 Å². The molecule has 0 spiro atoms. The fourth-order valence-corrected chi connectivity index (χ4v) is 5.46. The molecule has 0 saturated heterocycles. The van der Waals surface area contributed by atoms with Crippen LogP contribution >= 0.6 is 11.6 Å². The van der Waals surface area contributed by atoms with Crippen LogP contribution in [0.3, 0.4) is 0 Å². The van der Waals surface area contributed by atoms with Crippen molar-refractivity contribution in [2.24, 2.45) is 5.92 Å². The topological polar surface area (TPSA) is 86.8 Å². The minimum atomic E-state index is -4.74. The molecule has 220 valence electrons. The van der Waals surface area contributed by atoms with Crippen molar-refractivity contribution >= 4 is 39.1 Å². The monoisotopic (exact) mass is 609 g/mol. The van der Waals surface area contributed by atoms with E-state index in [4.69, 9.17) is 11.6 Å². The summed E-state index contributed by atoms with van der Waals surface area (Å²) in [7, 11) is -4.49. The maximum Gasteiger partial charge on any atom is 0.416 e. The summed E-state index contributed by atoms with van der Waals surface area (Å²) in [5, 5.41) is 3.22. The van der Waals surface area contributed by atoms with E-state index in [-0.39, 0.29) is 23.0 Å². The zero-order valence-corrected chi connectivity index (χ0v) is 24.3. The molecule has 3 rings (SSSR count). The van der Waals surface area contributed by atoms with Gasteiger partial charge in [-0.15, -0.1) is 0 Å². The molecule has 0 unspecified atom stereocenters. The van der Waals surface area contributed by atoms with E-state index < -0.39 is 46.2 Å². The zero-order valence-electron chi connectivity index (χ0n) is 22.7.